The van der Waals surface area contributed by atoms with Gasteiger partial charge in [-0.3, -0.25) is 0 Å². The van der Waals surface area contributed by atoms with Gasteiger partial charge in [0.05, 0.1) is 5.69 Å². The molecule has 1 heterocycles. The fraction of sp³-hybridized carbons (Fsp3) is 0. The lowest BCUT2D eigenvalue weighted by Crippen LogP contribution is -2.11. The Morgan fingerprint density at radius 3 is 1.73 bits per heavy atom. The summed E-state index contributed by atoms with van der Waals surface area (Å²) in [6.45, 7) is 0. The number of anilines is 3. The van der Waals surface area contributed by atoms with E-state index >= 15 is 0 Å². The molecule has 0 saturated carbocycles. The minimum atomic E-state index is 1.11. The summed E-state index contributed by atoms with van der Waals surface area (Å²) >= 11 is 1.88. The molecule has 0 aliphatic rings. The molecule has 10 aromatic rings. The van der Waals surface area contributed by atoms with Crippen molar-refractivity contribution >= 4 is 70.1 Å². The summed E-state index contributed by atoms with van der Waals surface area (Å²) in [7, 11) is 0. The number of fused-ring (bicyclic) bond motifs is 5. The zero-order chi connectivity index (χ0) is 34.4. The van der Waals surface area contributed by atoms with Crippen molar-refractivity contribution in [2.45, 2.75) is 0 Å². The second kappa shape index (κ2) is 12.7. The third-order valence-electron chi connectivity index (χ3n) is 10.3. The van der Waals surface area contributed by atoms with Gasteiger partial charge in [0.2, 0.25) is 0 Å². The van der Waals surface area contributed by atoms with E-state index in [0.29, 0.717) is 0 Å². The molecule has 1 nitrogen and oxygen atoms in total. The van der Waals surface area contributed by atoms with Gasteiger partial charge in [0.25, 0.3) is 0 Å². The molecule has 52 heavy (non-hydrogen) atoms. The predicted octanol–water partition coefficient (Wildman–Crippen LogP) is 14.8. The molecule has 0 aliphatic heterocycles. The van der Waals surface area contributed by atoms with Gasteiger partial charge in [-0.25, -0.2) is 0 Å². The monoisotopic (exact) mass is 679 g/mol. The van der Waals surface area contributed by atoms with Gasteiger partial charge in [0, 0.05) is 42.7 Å². The quantitative estimate of drug-likeness (QED) is 0.169. The van der Waals surface area contributed by atoms with Gasteiger partial charge in [-0.05, 0) is 80.2 Å². The van der Waals surface area contributed by atoms with Crippen LogP contribution in [-0.2, 0) is 0 Å². The Morgan fingerprint density at radius 2 is 0.885 bits per heavy atom. The number of hydrogen-bond acceptors (Lipinski definition) is 2. The van der Waals surface area contributed by atoms with Crippen LogP contribution >= 0.6 is 11.3 Å². The Hall–Kier alpha value is -6.48. The van der Waals surface area contributed by atoms with Gasteiger partial charge in [-0.1, -0.05) is 164 Å². The largest absolute Gasteiger partial charge is 0.310 e. The molecular weight excluding hydrogens is 647 g/mol. The second-order valence-electron chi connectivity index (χ2n) is 13.3. The molecule has 0 spiro atoms. The normalized spacial score (nSPS) is 11.5. The van der Waals surface area contributed by atoms with Crippen LogP contribution in [0, 0.1) is 0 Å². The molecule has 1 aromatic heterocycles. The lowest BCUT2D eigenvalue weighted by Gasteiger charge is -2.28. The molecule has 0 N–H and O–H groups in total. The third-order valence-corrected chi connectivity index (χ3v) is 11.5. The molecule has 9 aromatic carbocycles. The summed E-state index contributed by atoms with van der Waals surface area (Å²) in [5.41, 5.74) is 10.7. The minimum Gasteiger partial charge on any atom is -0.310 e. The van der Waals surface area contributed by atoms with Gasteiger partial charge < -0.3 is 4.90 Å². The van der Waals surface area contributed by atoms with Crippen LogP contribution in [0.4, 0.5) is 17.1 Å². The second-order valence-corrected chi connectivity index (χ2v) is 14.4. The maximum Gasteiger partial charge on any atom is 0.0540 e. The zero-order valence-electron chi connectivity index (χ0n) is 28.4. The van der Waals surface area contributed by atoms with Crippen LogP contribution in [0.2, 0.25) is 0 Å². The maximum absolute atomic E-state index is 2.42. The Kier molecular flexibility index (Phi) is 7.41. The smallest absolute Gasteiger partial charge is 0.0540 e. The predicted molar refractivity (Wildman–Crippen MR) is 225 cm³/mol. The summed E-state index contributed by atoms with van der Waals surface area (Å²) in [6.07, 6.45) is 0. The van der Waals surface area contributed by atoms with E-state index in [1.54, 1.807) is 0 Å². The topological polar surface area (TPSA) is 3.24 Å². The average molecular weight is 680 g/mol. The highest BCUT2D eigenvalue weighted by molar-refractivity contribution is 7.26. The summed E-state index contributed by atoms with van der Waals surface area (Å²) < 4.78 is 2.63. The van der Waals surface area contributed by atoms with E-state index in [9.17, 15) is 0 Å². The Labute approximate surface area is 307 Å². The van der Waals surface area contributed by atoms with Crippen molar-refractivity contribution in [2.75, 3.05) is 4.90 Å². The van der Waals surface area contributed by atoms with E-state index < -0.39 is 0 Å². The maximum atomic E-state index is 2.42. The van der Waals surface area contributed by atoms with Gasteiger partial charge in [-0.15, -0.1) is 11.3 Å². The highest BCUT2D eigenvalue weighted by Gasteiger charge is 2.20. The van der Waals surface area contributed by atoms with Gasteiger partial charge in [-0.2, -0.15) is 0 Å². The Bertz CT molecular complexity index is 2890. The third kappa shape index (κ3) is 5.24. The molecule has 0 unspecified atom stereocenters. The van der Waals surface area contributed by atoms with Crippen molar-refractivity contribution in [1.82, 2.24) is 0 Å². The molecular formula is C50H33NS. The fourth-order valence-electron chi connectivity index (χ4n) is 7.72. The van der Waals surface area contributed by atoms with Crippen LogP contribution in [0.5, 0.6) is 0 Å². The van der Waals surface area contributed by atoms with Crippen LogP contribution in [0.1, 0.15) is 0 Å². The van der Waals surface area contributed by atoms with Crippen LogP contribution < -0.4 is 4.90 Å². The van der Waals surface area contributed by atoms with Crippen LogP contribution in [0.3, 0.4) is 0 Å². The molecule has 0 saturated heterocycles. The Morgan fingerprint density at radius 1 is 0.327 bits per heavy atom. The van der Waals surface area contributed by atoms with Crippen molar-refractivity contribution in [2.24, 2.45) is 0 Å². The number of rotatable bonds is 6. The number of nitrogens with zero attached hydrogens (tertiary/aromatic N) is 1. The first kappa shape index (κ1) is 30.4. The first-order valence-corrected chi connectivity index (χ1v) is 18.6. The number of benzene rings is 9. The molecule has 0 bridgehead atoms. The fourth-order valence-corrected chi connectivity index (χ4v) is 8.95. The first-order valence-electron chi connectivity index (χ1n) is 17.8. The minimum absolute atomic E-state index is 1.11. The van der Waals surface area contributed by atoms with Crippen molar-refractivity contribution in [3.05, 3.63) is 200 Å². The number of thiophene rings is 1. The Balaban J connectivity index is 1.08. The zero-order valence-corrected chi connectivity index (χ0v) is 29.2. The molecule has 0 fully saturated rings. The first-order chi connectivity index (χ1) is 25.8. The summed E-state index contributed by atoms with van der Waals surface area (Å²) in [4.78, 5) is 2.42. The lowest BCUT2D eigenvalue weighted by atomic mass is 9.96. The van der Waals surface area contributed by atoms with Crippen molar-refractivity contribution in [3.8, 4) is 33.4 Å². The van der Waals surface area contributed by atoms with Gasteiger partial charge >= 0.3 is 0 Å². The summed E-state index contributed by atoms with van der Waals surface area (Å²) in [6, 6.07) is 72.9. The highest BCUT2D eigenvalue weighted by Crippen LogP contribution is 2.46. The SMILES string of the molecule is c1ccc(N(c2ccc(-c3ccc(-c4cccc5ccccc45)cc3)cc2)c2ccc3ccccc3c2)c(-c2cccc3c2sc2ccccc23)c1. The van der Waals surface area contributed by atoms with Crippen LogP contribution in [0.25, 0.3) is 75.1 Å². The van der Waals surface area contributed by atoms with E-state index in [0.717, 1.165) is 17.1 Å². The summed E-state index contributed by atoms with van der Waals surface area (Å²) in [5.74, 6) is 0. The molecule has 244 valence electrons. The molecule has 0 amide bonds. The van der Waals surface area contributed by atoms with Gasteiger partial charge in [0.15, 0.2) is 0 Å². The standard InChI is InChI=1S/C50H33NS/c1-2-13-39-33-41(32-29-34(39)11-1)51(48-21-7-5-16-44(48)46-19-10-20-47-45-17-6-8-22-49(45)52-50(46)47)40-30-27-36(28-31-40)35-23-25-38(26-24-35)43-18-9-14-37-12-3-4-15-42(37)43/h1-33H. The number of hydrogen-bond donors (Lipinski definition) is 0. The lowest BCUT2D eigenvalue weighted by molar-refractivity contribution is 1.29. The van der Waals surface area contributed by atoms with Gasteiger partial charge in [0.1, 0.15) is 0 Å². The molecule has 0 atom stereocenters. The van der Waals surface area contributed by atoms with Crippen molar-refractivity contribution < 1.29 is 0 Å². The van der Waals surface area contributed by atoms with Crippen LogP contribution in [-0.4, -0.2) is 0 Å². The number of para-hydroxylation sites is 1. The summed E-state index contributed by atoms with van der Waals surface area (Å²) in [5, 5.41) is 7.61. The van der Waals surface area contributed by atoms with E-state index in [4.69, 9.17) is 0 Å². The highest BCUT2D eigenvalue weighted by atomic mass is 32.1. The van der Waals surface area contributed by atoms with E-state index in [-0.39, 0.29) is 0 Å². The molecule has 2 heteroatoms. The molecule has 0 aliphatic carbocycles. The average Bonchev–Trinajstić information content (AvgIpc) is 3.60. The van der Waals surface area contributed by atoms with Crippen LogP contribution in [0.15, 0.2) is 200 Å². The van der Waals surface area contributed by atoms with Crippen molar-refractivity contribution in [3.63, 3.8) is 0 Å². The van der Waals surface area contributed by atoms with E-state index in [1.807, 2.05) is 11.3 Å². The molecule has 0 radical (unpaired) electrons. The van der Waals surface area contributed by atoms with E-state index in [1.165, 1.54) is 75.1 Å². The van der Waals surface area contributed by atoms with Crippen molar-refractivity contribution in [1.29, 1.82) is 0 Å². The van der Waals surface area contributed by atoms with E-state index in [2.05, 4.69) is 205 Å². The molecule has 10 rings (SSSR count).